The molecule has 112 valence electrons. The molecule has 21 heavy (non-hydrogen) atoms. The van der Waals surface area contributed by atoms with Crippen LogP contribution in [0, 0.1) is 5.82 Å². The first-order chi connectivity index (χ1) is 10.1. The molecule has 7 heteroatoms. The summed E-state index contributed by atoms with van der Waals surface area (Å²) in [5.41, 5.74) is 7.34. The molecule has 1 unspecified atom stereocenters. The number of benzene rings is 1. The molecule has 0 aliphatic rings. The number of hydrogen-bond donors (Lipinski definition) is 2. The second-order valence-electron chi connectivity index (χ2n) is 4.76. The van der Waals surface area contributed by atoms with Crippen LogP contribution in [-0.2, 0) is 17.9 Å². The highest BCUT2D eigenvalue weighted by Gasteiger charge is 2.10. The molecule has 0 fully saturated rings. The molecule has 3 N–H and O–H groups in total. The molecular formula is C14H18FN5O. The Balaban J connectivity index is 1.84. The number of hydrogen-bond acceptors (Lipinski definition) is 4. The zero-order valence-corrected chi connectivity index (χ0v) is 11.8. The van der Waals surface area contributed by atoms with Crippen LogP contribution in [0.1, 0.15) is 30.6 Å². The van der Waals surface area contributed by atoms with Crippen molar-refractivity contribution in [1.82, 2.24) is 20.3 Å². The highest BCUT2D eigenvalue weighted by Crippen LogP contribution is 2.08. The summed E-state index contributed by atoms with van der Waals surface area (Å²) >= 11 is 0. The van der Waals surface area contributed by atoms with Gasteiger partial charge >= 0.3 is 0 Å². The van der Waals surface area contributed by atoms with Crippen molar-refractivity contribution in [2.45, 2.75) is 32.5 Å². The van der Waals surface area contributed by atoms with E-state index in [9.17, 15) is 9.18 Å². The number of nitrogens with zero attached hydrogens (tertiary/aromatic N) is 3. The standard InChI is InChI=1S/C14H18FN5O/c1-2-12(16)13-8-20(19-18-13)9-14(21)17-7-10-3-5-11(15)6-4-10/h3-6,8,12H,2,7,9,16H2,1H3,(H,17,21). The van der Waals surface area contributed by atoms with Gasteiger partial charge in [-0.1, -0.05) is 24.3 Å². The van der Waals surface area contributed by atoms with Crippen molar-refractivity contribution in [1.29, 1.82) is 0 Å². The summed E-state index contributed by atoms with van der Waals surface area (Å²) in [6.45, 7) is 2.37. The van der Waals surface area contributed by atoms with Gasteiger partial charge in [0.25, 0.3) is 0 Å². The van der Waals surface area contributed by atoms with Gasteiger partial charge in [0.1, 0.15) is 12.4 Å². The van der Waals surface area contributed by atoms with Crippen LogP contribution in [0.2, 0.25) is 0 Å². The molecule has 0 spiro atoms. The molecule has 2 rings (SSSR count). The molecule has 0 aliphatic carbocycles. The number of nitrogens with one attached hydrogen (secondary N) is 1. The fourth-order valence-corrected chi connectivity index (χ4v) is 1.78. The van der Waals surface area contributed by atoms with E-state index < -0.39 is 0 Å². The quantitative estimate of drug-likeness (QED) is 0.835. The van der Waals surface area contributed by atoms with Gasteiger partial charge in [-0.3, -0.25) is 4.79 Å². The SMILES string of the molecule is CCC(N)c1cn(CC(=O)NCc2ccc(F)cc2)nn1. The van der Waals surface area contributed by atoms with E-state index in [4.69, 9.17) is 5.73 Å². The smallest absolute Gasteiger partial charge is 0.242 e. The van der Waals surface area contributed by atoms with Crippen LogP contribution in [-0.4, -0.2) is 20.9 Å². The van der Waals surface area contributed by atoms with E-state index in [-0.39, 0.29) is 24.3 Å². The minimum absolute atomic E-state index is 0.0740. The summed E-state index contributed by atoms with van der Waals surface area (Å²) < 4.78 is 14.2. The van der Waals surface area contributed by atoms with E-state index in [1.165, 1.54) is 16.8 Å². The van der Waals surface area contributed by atoms with Crippen molar-refractivity contribution in [2.24, 2.45) is 5.73 Å². The summed E-state index contributed by atoms with van der Waals surface area (Å²) in [5, 5.41) is 10.5. The highest BCUT2D eigenvalue weighted by atomic mass is 19.1. The van der Waals surface area contributed by atoms with E-state index in [1.54, 1.807) is 18.3 Å². The fourth-order valence-electron chi connectivity index (χ4n) is 1.78. The average Bonchev–Trinajstić information content (AvgIpc) is 2.94. The van der Waals surface area contributed by atoms with E-state index in [0.29, 0.717) is 12.2 Å². The Bertz CT molecular complexity index is 596. The lowest BCUT2D eigenvalue weighted by atomic mass is 10.2. The van der Waals surface area contributed by atoms with Crippen LogP contribution in [0.4, 0.5) is 4.39 Å². The second kappa shape index (κ2) is 6.94. The van der Waals surface area contributed by atoms with Gasteiger partial charge in [0.15, 0.2) is 0 Å². The monoisotopic (exact) mass is 291 g/mol. The number of halogens is 1. The number of amides is 1. The summed E-state index contributed by atoms with van der Waals surface area (Å²) in [6, 6.07) is 5.81. The summed E-state index contributed by atoms with van der Waals surface area (Å²) in [5.74, 6) is -0.492. The maximum absolute atomic E-state index is 12.8. The number of nitrogens with two attached hydrogens (primary N) is 1. The van der Waals surface area contributed by atoms with Gasteiger partial charge in [-0.25, -0.2) is 9.07 Å². The molecule has 6 nitrogen and oxygen atoms in total. The first kappa shape index (κ1) is 15.1. The van der Waals surface area contributed by atoms with Crippen molar-refractivity contribution in [3.05, 3.63) is 47.5 Å². The third-order valence-corrected chi connectivity index (χ3v) is 3.08. The van der Waals surface area contributed by atoms with Crippen LogP contribution in [0.25, 0.3) is 0 Å². The topological polar surface area (TPSA) is 85.8 Å². The molecule has 1 atom stereocenters. The number of carbonyl (C=O) groups excluding carboxylic acids is 1. The van der Waals surface area contributed by atoms with Crippen molar-refractivity contribution in [2.75, 3.05) is 0 Å². The van der Waals surface area contributed by atoms with Crippen LogP contribution in [0.5, 0.6) is 0 Å². The lowest BCUT2D eigenvalue weighted by molar-refractivity contribution is -0.122. The molecule has 0 bridgehead atoms. The largest absolute Gasteiger partial charge is 0.350 e. The van der Waals surface area contributed by atoms with Crippen molar-refractivity contribution in [3.8, 4) is 0 Å². The molecule has 1 aromatic heterocycles. The molecule has 0 radical (unpaired) electrons. The third kappa shape index (κ3) is 4.35. The predicted octanol–water partition coefficient (Wildman–Crippen LogP) is 1.14. The van der Waals surface area contributed by atoms with Gasteiger partial charge < -0.3 is 11.1 Å². The molecule has 1 amide bonds. The van der Waals surface area contributed by atoms with Gasteiger partial charge in [0, 0.05) is 6.54 Å². The lowest BCUT2D eigenvalue weighted by Crippen LogP contribution is -2.27. The van der Waals surface area contributed by atoms with Gasteiger partial charge in [-0.15, -0.1) is 5.10 Å². The molecule has 1 heterocycles. The first-order valence-corrected chi connectivity index (χ1v) is 6.75. The van der Waals surface area contributed by atoms with Crippen molar-refractivity contribution >= 4 is 5.91 Å². The normalized spacial score (nSPS) is 12.1. The lowest BCUT2D eigenvalue weighted by Gasteiger charge is -2.05. The third-order valence-electron chi connectivity index (χ3n) is 3.08. The summed E-state index contributed by atoms with van der Waals surface area (Å²) in [4.78, 5) is 11.8. The Morgan fingerprint density at radius 2 is 2.14 bits per heavy atom. The van der Waals surface area contributed by atoms with Crippen molar-refractivity contribution in [3.63, 3.8) is 0 Å². The van der Waals surface area contributed by atoms with Crippen LogP contribution in [0.15, 0.2) is 30.5 Å². The van der Waals surface area contributed by atoms with Crippen molar-refractivity contribution < 1.29 is 9.18 Å². The molecular weight excluding hydrogens is 273 g/mol. The van der Waals surface area contributed by atoms with Crippen LogP contribution in [0.3, 0.4) is 0 Å². The van der Waals surface area contributed by atoms with Gasteiger partial charge in [0.2, 0.25) is 5.91 Å². The second-order valence-corrected chi connectivity index (χ2v) is 4.76. The molecule has 0 saturated carbocycles. The first-order valence-electron chi connectivity index (χ1n) is 6.75. The maximum Gasteiger partial charge on any atom is 0.242 e. The Hall–Kier alpha value is -2.28. The fraction of sp³-hybridized carbons (Fsp3) is 0.357. The Morgan fingerprint density at radius 1 is 1.43 bits per heavy atom. The average molecular weight is 291 g/mol. The zero-order valence-electron chi connectivity index (χ0n) is 11.8. The van der Waals surface area contributed by atoms with E-state index >= 15 is 0 Å². The maximum atomic E-state index is 12.8. The minimum atomic E-state index is -0.299. The minimum Gasteiger partial charge on any atom is -0.350 e. The zero-order chi connectivity index (χ0) is 15.2. The Morgan fingerprint density at radius 3 is 2.81 bits per heavy atom. The molecule has 0 saturated heterocycles. The van der Waals surface area contributed by atoms with Gasteiger partial charge in [-0.2, -0.15) is 0 Å². The van der Waals surface area contributed by atoms with E-state index in [2.05, 4.69) is 15.6 Å². The van der Waals surface area contributed by atoms with E-state index in [1.807, 2.05) is 6.92 Å². The van der Waals surface area contributed by atoms with Crippen LogP contribution >= 0.6 is 0 Å². The summed E-state index contributed by atoms with van der Waals surface area (Å²) in [7, 11) is 0. The predicted molar refractivity (Wildman–Crippen MR) is 75.5 cm³/mol. The Kier molecular flexibility index (Phi) is 4.99. The summed E-state index contributed by atoms with van der Waals surface area (Å²) in [6.07, 6.45) is 2.43. The number of rotatable bonds is 6. The Labute approximate surface area is 122 Å². The van der Waals surface area contributed by atoms with Gasteiger partial charge in [-0.05, 0) is 24.1 Å². The molecule has 2 aromatic rings. The number of aromatic nitrogens is 3. The van der Waals surface area contributed by atoms with Gasteiger partial charge in [0.05, 0.1) is 17.9 Å². The number of carbonyl (C=O) groups is 1. The highest BCUT2D eigenvalue weighted by molar-refractivity contribution is 5.75. The van der Waals surface area contributed by atoms with E-state index in [0.717, 1.165) is 12.0 Å². The molecule has 0 aliphatic heterocycles. The molecule has 1 aromatic carbocycles. The van der Waals surface area contributed by atoms with Crippen LogP contribution < -0.4 is 11.1 Å².